The topological polar surface area (TPSA) is 29.1 Å². The van der Waals surface area contributed by atoms with Crippen molar-refractivity contribution in [3.63, 3.8) is 0 Å². The van der Waals surface area contributed by atoms with Crippen LogP contribution in [-0.4, -0.2) is 21.8 Å². The lowest BCUT2D eigenvalue weighted by molar-refractivity contribution is 0.568. The Balaban J connectivity index is 2.78. The van der Waals surface area contributed by atoms with Gasteiger partial charge in [0.25, 0.3) is 0 Å². The lowest BCUT2D eigenvalue weighted by Crippen LogP contribution is -2.29. The van der Waals surface area contributed by atoms with Crippen LogP contribution in [-0.2, 0) is 17.2 Å². The molecule has 2 nitrogen and oxygen atoms in total. The molecule has 1 rings (SSSR count). The Labute approximate surface area is 126 Å². The van der Waals surface area contributed by atoms with E-state index in [1.165, 1.54) is 17.5 Å². The fourth-order valence-corrected chi connectivity index (χ4v) is 3.18. The van der Waals surface area contributed by atoms with E-state index in [9.17, 15) is 4.21 Å². The summed E-state index contributed by atoms with van der Waals surface area (Å²) in [6, 6.07) is 9.00. The van der Waals surface area contributed by atoms with E-state index in [2.05, 4.69) is 43.4 Å². The second-order valence-corrected chi connectivity index (χ2v) is 7.63. The first-order chi connectivity index (χ1) is 9.58. The third-order valence-corrected chi connectivity index (χ3v) is 5.13. The maximum Gasteiger partial charge on any atom is 0.0436 e. The van der Waals surface area contributed by atoms with E-state index in [-0.39, 0.29) is 11.3 Å². The molecule has 0 fully saturated rings. The van der Waals surface area contributed by atoms with Gasteiger partial charge in [0, 0.05) is 27.8 Å². The molecule has 0 aliphatic carbocycles. The number of aryl methyl sites for hydroxylation is 1. The third-order valence-electron chi connectivity index (χ3n) is 3.42. The maximum absolute atomic E-state index is 12.1. The van der Waals surface area contributed by atoms with Gasteiger partial charge in [-0.2, -0.15) is 0 Å². The molecular weight excluding hydrogens is 266 g/mol. The molecule has 1 aromatic carbocycles. The van der Waals surface area contributed by atoms with Gasteiger partial charge in [-0.25, -0.2) is 0 Å². The van der Waals surface area contributed by atoms with Gasteiger partial charge in [-0.3, -0.25) is 4.21 Å². The van der Waals surface area contributed by atoms with Crippen LogP contribution in [0.5, 0.6) is 0 Å². The zero-order valence-corrected chi connectivity index (χ0v) is 14.1. The van der Waals surface area contributed by atoms with Crippen molar-refractivity contribution < 1.29 is 4.21 Å². The van der Waals surface area contributed by atoms with Crippen LogP contribution in [0.25, 0.3) is 0 Å². The van der Waals surface area contributed by atoms with Crippen LogP contribution in [0.15, 0.2) is 24.3 Å². The largest absolute Gasteiger partial charge is 0.309 e. The van der Waals surface area contributed by atoms with Crippen LogP contribution in [0.4, 0.5) is 0 Å². The minimum Gasteiger partial charge on any atom is -0.309 e. The van der Waals surface area contributed by atoms with Gasteiger partial charge >= 0.3 is 0 Å². The lowest BCUT2D eigenvalue weighted by atomic mass is 10.0. The molecule has 0 radical (unpaired) electrons. The first-order valence-electron chi connectivity index (χ1n) is 7.77. The van der Waals surface area contributed by atoms with E-state index in [1.807, 2.05) is 13.8 Å². The molecule has 3 heteroatoms. The van der Waals surface area contributed by atoms with E-state index < -0.39 is 10.8 Å². The third kappa shape index (κ3) is 5.76. The Bertz CT molecular complexity index is 400. The van der Waals surface area contributed by atoms with Crippen molar-refractivity contribution in [1.82, 2.24) is 5.32 Å². The van der Waals surface area contributed by atoms with Crippen molar-refractivity contribution in [1.29, 1.82) is 0 Å². The molecule has 0 heterocycles. The van der Waals surface area contributed by atoms with Crippen LogP contribution < -0.4 is 5.32 Å². The normalized spacial score (nSPS) is 14.4. The van der Waals surface area contributed by atoms with E-state index in [0.29, 0.717) is 5.75 Å². The van der Waals surface area contributed by atoms with Crippen LogP contribution in [0.3, 0.4) is 0 Å². The first-order valence-corrected chi connectivity index (χ1v) is 9.16. The number of hydrogen-bond acceptors (Lipinski definition) is 2. The van der Waals surface area contributed by atoms with Crippen LogP contribution in [0, 0.1) is 0 Å². The zero-order valence-electron chi connectivity index (χ0n) is 13.3. The molecule has 0 amide bonds. The number of nitrogens with one attached hydrogen (secondary N) is 1. The molecule has 0 aromatic heterocycles. The first kappa shape index (κ1) is 17.4. The predicted octanol–water partition coefficient (Wildman–Crippen LogP) is 3.84. The fourth-order valence-electron chi connectivity index (χ4n) is 2.15. The number of benzene rings is 1. The molecule has 0 bridgehead atoms. The second-order valence-electron chi connectivity index (χ2n) is 5.59. The Hall–Kier alpha value is -0.670. The van der Waals surface area contributed by atoms with Crippen molar-refractivity contribution in [2.45, 2.75) is 58.2 Å². The summed E-state index contributed by atoms with van der Waals surface area (Å²) >= 11 is 0. The molecule has 0 saturated heterocycles. The highest BCUT2D eigenvalue weighted by atomic mass is 32.2. The van der Waals surface area contributed by atoms with Crippen LogP contribution in [0.2, 0.25) is 0 Å². The van der Waals surface area contributed by atoms with Gasteiger partial charge in [0.05, 0.1) is 0 Å². The molecule has 114 valence electrons. The molecule has 1 aromatic rings. The van der Waals surface area contributed by atoms with E-state index in [0.717, 1.165) is 19.4 Å². The number of hydrogen-bond donors (Lipinski definition) is 1. The molecule has 0 saturated carbocycles. The zero-order chi connectivity index (χ0) is 15.0. The average molecular weight is 295 g/mol. The summed E-state index contributed by atoms with van der Waals surface area (Å²) in [5.74, 6) is 0.699. The summed E-state index contributed by atoms with van der Waals surface area (Å²) < 4.78 is 12.1. The van der Waals surface area contributed by atoms with Gasteiger partial charge in [-0.15, -0.1) is 0 Å². The smallest absolute Gasteiger partial charge is 0.0436 e. The van der Waals surface area contributed by atoms with Crippen LogP contribution in [0.1, 0.15) is 57.7 Å². The fraction of sp³-hybridized carbons (Fsp3) is 0.647. The molecule has 0 spiro atoms. The highest BCUT2D eigenvalue weighted by molar-refractivity contribution is 7.85. The van der Waals surface area contributed by atoms with E-state index in [4.69, 9.17) is 0 Å². The quantitative estimate of drug-likeness (QED) is 0.750. The van der Waals surface area contributed by atoms with Gasteiger partial charge in [0.1, 0.15) is 0 Å². The molecule has 20 heavy (non-hydrogen) atoms. The molecule has 2 atom stereocenters. The summed E-state index contributed by atoms with van der Waals surface area (Å²) in [5, 5.41) is 3.75. The summed E-state index contributed by atoms with van der Waals surface area (Å²) in [6.45, 7) is 9.38. The Kier molecular flexibility index (Phi) is 8.08. The number of rotatable bonds is 9. The van der Waals surface area contributed by atoms with Crippen molar-refractivity contribution in [2.24, 2.45) is 0 Å². The van der Waals surface area contributed by atoms with Gasteiger partial charge in [-0.1, -0.05) is 58.4 Å². The molecule has 2 unspecified atom stereocenters. The lowest BCUT2D eigenvalue weighted by Gasteiger charge is -2.20. The Morgan fingerprint density at radius 2 is 1.75 bits per heavy atom. The summed E-state index contributed by atoms with van der Waals surface area (Å²) in [5.41, 5.74) is 2.64. The second kappa shape index (κ2) is 9.30. The summed E-state index contributed by atoms with van der Waals surface area (Å²) in [6.07, 6.45) is 3.40. The van der Waals surface area contributed by atoms with E-state index >= 15 is 0 Å². The Morgan fingerprint density at radius 1 is 1.10 bits per heavy atom. The predicted molar refractivity (Wildman–Crippen MR) is 89.6 cm³/mol. The van der Waals surface area contributed by atoms with Gasteiger partial charge in [0.15, 0.2) is 0 Å². The Morgan fingerprint density at radius 3 is 2.25 bits per heavy atom. The minimum absolute atomic E-state index is 0.203. The standard InChI is InChI=1S/C17H29NOS/c1-5-7-15-8-10-16(11-9-15)17(18-12-6-2)13-20(19)14(3)4/h8-11,14,17-18H,5-7,12-13H2,1-4H3. The van der Waals surface area contributed by atoms with E-state index in [1.54, 1.807) is 0 Å². The van der Waals surface area contributed by atoms with Gasteiger partial charge in [0.2, 0.25) is 0 Å². The van der Waals surface area contributed by atoms with Gasteiger partial charge < -0.3 is 5.32 Å². The summed E-state index contributed by atoms with van der Waals surface area (Å²) in [7, 11) is -0.777. The van der Waals surface area contributed by atoms with Crippen LogP contribution >= 0.6 is 0 Å². The monoisotopic (exact) mass is 295 g/mol. The molecule has 0 aliphatic rings. The highest BCUT2D eigenvalue weighted by Crippen LogP contribution is 2.17. The molecule has 1 N–H and O–H groups in total. The van der Waals surface area contributed by atoms with Crippen molar-refractivity contribution >= 4 is 10.8 Å². The van der Waals surface area contributed by atoms with Crippen molar-refractivity contribution in [2.75, 3.05) is 12.3 Å². The maximum atomic E-state index is 12.1. The average Bonchev–Trinajstić information content (AvgIpc) is 2.44. The van der Waals surface area contributed by atoms with Gasteiger partial charge in [-0.05, 0) is 30.5 Å². The highest BCUT2D eigenvalue weighted by Gasteiger charge is 2.16. The summed E-state index contributed by atoms with van der Waals surface area (Å²) in [4.78, 5) is 0. The molecule has 0 aliphatic heterocycles. The SMILES string of the molecule is CCCNC(CS(=O)C(C)C)c1ccc(CCC)cc1. The van der Waals surface area contributed by atoms with Crippen molar-refractivity contribution in [3.8, 4) is 0 Å². The molecular formula is C17H29NOS. The minimum atomic E-state index is -0.777. The van der Waals surface area contributed by atoms with Crippen molar-refractivity contribution in [3.05, 3.63) is 35.4 Å².